The summed E-state index contributed by atoms with van der Waals surface area (Å²) in [6.07, 6.45) is 1.71. The smallest absolute Gasteiger partial charge is 0.229 e. The number of hydrogen-bond donors (Lipinski definition) is 1. The van der Waals surface area contributed by atoms with Gasteiger partial charge in [0.15, 0.2) is 0 Å². The first-order chi connectivity index (χ1) is 8.60. The van der Waals surface area contributed by atoms with Crippen molar-refractivity contribution >= 4 is 11.6 Å². The van der Waals surface area contributed by atoms with Crippen molar-refractivity contribution in [1.29, 1.82) is 0 Å². The van der Waals surface area contributed by atoms with Crippen molar-refractivity contribution in [2.45, 2.75) is 19.8 Å². The number of rotatable bonds is 6. The van der Waals surface area contributed by atoms with Crippen molar-refractivity contribution < 1.29 is 9.53 Å². The lowest BCUT2D eigenvalue weighted by Crippen LogP contribution is -2.31. The number of ether oxygens (including phenoxy) is 1. The van der Waals surface area contributed by atoms with Crippen LogP contribution >= 0.6 is 0 Å². The molecule has 0 bridgehead atoms. The van der Waals surface area contributed by atoms with Gasteiger partial charge in [0.1, 0.15) is 5.75 Å². The molecular weight excluding hydrogens is 228 g/mol. The number of nitrogens with zero attached hydrogens (tertiary/aromatic N) is 1. The lowest BCUT2D eigenvalue weighted by molar-refractivity contribution is -0.121. The number of amides is 1. The van der Waals surface area contributed by atoms with Crippen molar-refractivity contribution in [3.8, 4) is 5.75 Å². The molecular formula is C14H22N2O2. The van der Waals surface area contributed by atoms with Crippen LogP contribution in [0.1, 0.15) is 19.8 Å². The molecule has 0 aliphatic rings. The van der Waals surface area contributed by atoms with E-state index in [1.54, 1.807) is 19.1 Å². The Kier molecular flexibility index (Phi) is 5.65. The van der Waals surface area contributed by atoms with Gasteiger partial charge in [0.25, 0.3) is 0 Å². The number of benzene rings is 1. The zero-order valence-corrected chi connectivity index (χ0v) is 11.3. The van der Waals surface area contributed by atoms with Crippen LogP contribution in [-0.2, 0) is 4.79 Å². The van der Waals surface area contributed by atoms with Crippen LogP contribution < -0.4 is 15.4 Å². The van der Waals surface area contributed by atoms with E-state index in [0.717, 1.165) is 24.3 Å². The van der Waals surface area contributed by atoms with E-state index < -0.39 is 0 Å². The minimum atomic E-state index is 0.000603. The Hall–Kier alpha value is -1.55. The van der Waals surface area contributed by atoms with Gasteiger partial charge in [0.2, 0.25) is 5.91 Å². The molecule has 0 saturated heterocycles. The predicted octanol–water partition coefficient (Wildman–Crippen LogP) is 2.03. The highest BCUT2D eigenvalue weighted by atomic mass is 16.5. The Bertz CT molecular complexity index is 376. The van der Waals surface area contributed by atoms with Crippen molar-refractivity contribution in [2.24, 2.45) is 11.7 Å². The van der Waals surface area contributed by atoms with Crippen LogP contribution in [0.3, 0.4) is 0 Å². The maximum Gasteiger partial charge on any atom is 0.229 e. The second kappa shape index (κ2) is 7.01. The molecule has 0 aliphatic heterocycles. The van der Waals surface area contributed by atoms with E-state index in [4.69, 9.17) is 10.5 Å². The summed E-state index contributed by atoms with van der Waals surface area (Å²) in [4.78, 5) is 13.8. The van der Waals surface area contributed by atoms with Crippen molar-refractivity contribution in [1.82, 2.24) is 0 Å². The molecule has 18 heavy (non-hydrogen) atoms. The molecule has 1 rings (SSSR count). The van der Waals surface area contributed by atoms with Gasteiger partial charge < -0.3 is 15.4 Å². The Labute approximate surface area is 109 Å². The molecule has 0 saturated carbocycles. The topological polar surface area (TPSA) is 55.6 Å². The fraction of sp³-hybridized carbons (Fsp3) is 0.500. The van der Waals surface area contributed by atoms with Gasteiger partial charge in [-0.25, -0.2) is 0 Å². The lowest BCUT2D eigenvalue weighted by Gasteiger charge is -2.21. The fourth-order valence-electron chi connectivity index (χ4n) is 1.81. The number of anilines is 1. The van der Waals surface area contributed by atoms with Crippen LogP contribution in [0, 0.1) is 5.92 Å². The first-order valence-electron chi connectivity index (χ1n) is 6.21. The molecule has 1 amide bonds. The third kappa shape index (κ3) is 3.74. The summed E-state index contributed by atoms with van der Waals surface area (Å²) in [5.41, 5.74) is 6.33. The molecule has 4 nitrogen and oxygen atoms in total. The highest BCUT2D eigenvalue weighted by molar-refractivity contribution is 5.94. The van der Waals surface area contributed by atoms with Gasteiger partial charge in [-0.1, -0.05) is 6.92 Å². The number of carbonyl (C=O) groups excluding carboxylic acids is 1. The average Bonchev–Trinajstić information content (AvgIpc) is 2.43. The van der Waals surface area contributed by atoms with Gasteiger partial charge >= 0.3 is 0 Å². The van der Waals surface area contributed by atoms with E-state index in [-0.39, 0.29) is 11.8 Å². The zero-order valence-electron chi connectivity index (χ0n) is 11.3. The van der Waals surface area contributed by atoms with Crippen LogP contribution in [0.15, 0.2) is 24.3 Å². The highest BCUT2D eigenvalue weighted by Crippen LogP contribution is 2.20. The molecule has 0 aliphatic carbocycles. The van der Waals surface area contributed by atoms with E-state index in [9.17, 15) is 4.79 Å². The second-order valence-corrected chi connectivity index (χ2v) is 4.43. The highest BCUT2D eigenvalue weighted by Gasteiger charge is 2.18. The van der Waals surface area contributed by atoms with Crippen LogP contribution in [0.4, 0.5) is 5.69 Å². The molecule has 0 heterocycles. The fourth-order valence-corrected chi connectivity index (χ4v) is 1.81. The molecule has 0 fully saturated rings. The summed E-state index contributed by atoms with van der Waals surface area (Å²) >= 11 is 0. The van der Waals surface area contributed by atoms with Gasteiger partial charge in [-0.05, 0) is 43.7 Å². The molecule has 4 heteroatoms. The van der Waals surface area contributed by atoms with E-state index in [1.807, 2.05) is 31.2 Å². The SMILES string of the molecule is COc1ccc(N(C)C(=O)C(C)CCCN)cc1. The number of hydrogen-bond acceptors (Lipinski definition) is 3. The van der Waals surface area contributed by atoms with E-state index in [2.05, 4.69) is 0 Å². The minimum Gasteiger partial charge on any atom is -0.497 e. The largest absolute Gasteiger partial charge is 0.497 e. The van der Waals surface area contributed by atoms with Gasteiger partial charge in [0.05, 0.1) is 7.11 Å². The summed E-state index contributed by atoms with van der Waals surface area (Å²) in [6, 6.07) is 7.46. The third-order valence-corrected chi connectivity index (χ3v) is 3.05. The average molecular weight is 250 g/mol. The molecule has 1 unspecified atom stereocenters. The van der Waals surface area contributed by atoms with E-state index in [1.165, 1.54) is 0 Å². The Balaban J connectivity index is 2.67. The quantitative estimate of drug-likeness (QED) is 0.840. The van der Waals surface area contributed by atoms with Crippen molar-refractivity contribution in [3.63, 3.8) is 0 Å². The van der Waals surface area contributed by atoms with Crippen molar-refractivity contribution in [2.75, 3.05) is 25.6 Å². The maximum atomic E-state index is 12.2. The molecule has 0 spiro atoms. The minimum absolute atomic E-state index is 0.000603. The summed E-state index contributed by atoms with van der Waals surface area (Å²) in [5, 5.41) is 0. The van der Waals surface area contributed by atoms with Crippen LogP contribution in [-0.4, -0.2) is 26.6 Å². The Morgan fingerprint density at radius 1 is 1.39 bits per heavy atom. The molecule has 0 aromatic heterocycles. The summed E-state index contributed by atoms with van der Waals surface area (Å²) in [6.45, 7) is 2.57. The van der Waals surface area contributed by atoms with Crippen LogP contribution in [0.2, 0.25) is 0 Å². The number of methoxy groups -OCH3 is 1. The summed E-state index contributed by atoms with van der Waals surface area (Å²) < 4.78 is 5.09. The first-order valence-corrected chi connectivity index (χ1v) is 6.21. The molecule has 1 atom stereocenters. The summed E-state index contributed by atoms with van der Waals surface area (Å²) in [7, 11) is 3.42. The van der Waals surface area contributed by atoms with Gasteiger partial charge in [-0.15, -0.1) is 0 Å². The van der Waals surface area contributed by atoms with Crippen LogP contribution in [0.5, 0.6) is 5.75 Å². The first kappa shape index (κ1) is 14.5. The Morgan fingerprint density at radius 3 is 2.50 bits per heavy atom. The monoisotopic (exact) mass is 250 g/mol. The molecule has 1 aromatic carbocycles. The zero-order chi connectivity index (χ0) is 13.5. The lowest BCUT2D eigenvalue weighted by atomic mass is 10.0. The predicted molar refractivity (Wildman–Crippen MR) is 73.9 cm³/mol. The van der Waals surface area contributed by atoms with Crippen molar-refractivity contribution in [3.05, 3.63) is 24.3 Å². The van der Waals surface area contributed by atoms with E-state index >= 15 is 0 Å². The number of nitrogens with two attached hydrogens (primary N) is 1. The second-order valence-electron chi connectivity index (χ2n) is 4.43. The Morgan fingerprint density at radius 2 is 2.00 bits per heavy atom. The van der Waals surface area contributed by atoms with Crippen LogP contribution in [0.25, 0.3) is 0 Å². The molecule has 100 valence electrons. The maximum absolute atomic E-state index is 12.2. The standard InChI is InChI=1S/C14H22N2O2/c1-11(5-4-10-15)14(17)16(2)12-6-8-13(18-3)9-7-12/h6-9,11H,4-5,10,15H2,1-3H3. The van der Waals surface area contributed by atoms with E-state index in [0.29, 0.717) is 6.54 Å². The van der Waals surface area contributed by atoms with Gasteiger partial charge in [-0.2, -0.15) is 0 Å². The molecule has 0 radical (unpaired) electrons. The van der Waals surface area contributed by atoms with Gasteiger partial charge in [0, 0.05) is 18.7 Å². The van der Waals surface area contributed by atoms with Gasteiger partial charge in [-0.3, -0.25) is 4.79 Å². The summed E-state index contributed by atoms with van der Waals surface area (Å²) in [5.74, 6) is 0.907. The molecule has 1 aromatic rings. The molecule has 2 N–H and O–H groups in total. The third-order valence-electron chi connectivity index (χ3n) is 3.05. The normalized spacial score (nSPS) is 12.0. The number of carbonyl (C=O) groups is 1.